The Morgan fingerprint density at radius 3 is 1.36 bits per heavy atom. The zero-order valence-electron chi connectivity index (χ0n) is 5.99. The molecule has 0 N–H and O–H groups in total. The molecule has 0 aliphatic rings. The molecule has 0 fully saturated rings. The summed E-state index contributed by atoms with van der Waals surface area (Å²) in [5.41, 5.74) is 0. The van der Waals surface area contributed by atoms with E-state index in [2.05, 4.69) is 10.8 Å². The summed E-state index contributed by atoms with van der Waals surface area (Å²) < 4.78 is 0. The van der Waals surface area contributed by atoms with Gasteiger partial charge < -0.3 is 22.7 Å². The van der Waals surface area contributed by atoms with Gasteiger partial charge in [-0.1, -0.05) is 0 Å². The Labute approximate surface area is 91.0 Å². The molecule has 0 unspecified atom stereocenters. The monoisotopic (exact) mass is 190 g/mol. The van der Waals surface area contributed by atoms with Crippen LogP contribution in [0.3, 0.4) is 0 Å². The van der Waals surface area contributed by atoms with E-state index in [1.54, 1.807) is 22.7 Å². The molecule has 2 aromatic heterocycles. The molecular weight excluding hydrogens is 185 g/mol. The van der Waals surface area contributed by atoms with Crippen LogP contribution in [0.5, 0.6) is 0 Å². The van der Waals surface area contributed by atoms with E-state index < -0.39 is 0 Å². The van der Waals surface area contributed by atoms with Crippen molar-refractivity contribution in [3.05, 3.63) is 45.8 Å². The molecule has 0 radical (unpaired) electrons. The van der Waals surface area contributed by atoms with Crippen molar-refractivity contribution in [3.8, 4) is 0 Å². The maximum Gasteiger partial charge on any atom is 2.00 e. The summed E-state index contributed by atoms with van der Waals surface area (Å²) in [5.74, 6) is 0. The summed E-state index contributed by atoms with van der Waals surface area (Å²) >= 11 is 3.18. The van der Waals surface area contributed by atoms with Gasteiger partial charge in [0.1, 0.15) is 0 Å². The minimum atomic E-state index is 0. The van der Waals surface area contributed by atoms with E-state index in [4.69, 9.17) is 0 Å². The van der Waals surface area contributed by atoms with E-state index in [1.807, 2.05) is 35.0 Å². The molecule has 2 rings (SSSR count). The van der Waals surface area contributed by atoms with Gasteiger partial charge in [-0.15, -0.1) is 10.8 Å². The SMILES string of the molecule is [Mg+2].[c-]1cccs1.[c-]1cccs1. The van der Waals surface area contributed by atoms with E-state index in [0.29, 0.717) is 0 Å². The van der Waals surface area contributed by atoms with Crippen LogP contribution in [0.2, 0.25) is 0 Å². The second-order valence-electron chi connectivity index (χ2n) is 1.46. The third-order valence-corrected chi connectivity index (χ3v) is 1.89. The summed E-state index contributed by atoms with van der Waals surface area (Å²) in [6, 6.07) is 7.71. The molecular formula is C8H6MgS2. The maximum atomic E-state index is 2.90. The average Bonchev–Trinajstić information content (AvgIpc) is 2.67. The minimum absolute atomic E-state index is 0. The van der Waals surface area contributed by atoms with Crippen LogP contribution in [0.4, 0.5) is 0 Å². The van der Waals surface area contributed by atoms with Crippen molar-refractivity contribution in [2.24, 2.45) is 0 Å². The van der Waals surface area contributed by atoms with Gasteiger partial charge in [-0.05, 0) is 0 Å². The second-order valence-corrected chi connectivity index (χ2v) is 2.95. The molecule has 3 heteroatoms. The Kier molecular flexibility index (Phi) is 8.39. The zero-order chi connectivity index (χ0) is 7.07. The minimum Gasteiger partial charge on any atom is -0.304 e. The summed E-state index contributed by atoms with van der Waals surface area (Å²) in [7, 11) is 0. The van der Waals surface area contributed by atoms with Gasteiger partial charge in [-0.25, -0.2) is 12.1 Å². The fourth-order valence-electron chi connectivity index (χ4n) is 0.393. The summed E-state index contributed by atoms with van der Waals surface area (Å²) in [5, 5.41) is 9.78. The molecule has 0 aromatic carbocycles. The molecule has 2 heterocycles. The molecule has 0 spiro atoms. The van der Waals surface area contributed by atoms with Crippen LogP contribution in [-0.4, -0.2) is 23.1 Å². The van der Waals surface area contributed by atoms with E-state index >= 15 is 0 Å². The largest absolute Gasteiger partial charge is 2.00 e. The summed E-state index contributed by atoms with van der Waals surface area (Å²) in [4.78, 5) is 0. The molecule has 52 valence electrons. The average molecular weight is 191 g/mol. The Bertz CT molecular complexity index is 151. The van der Waals surface area contributed by atoms with Crippen molar-refractivity contribution >= 4 is 45.7 Å². The molecule has 0 aliphatic heterocycles. The van der Waals surface area contributed by atoms with Gasteiger partial charge in [0.15, 0.2) is 0 Å². The van der Waals surface area contributed by atoms with Crippen LogP contribution >= 0.6 is 22.7 Å². The first kappa shape index (κ1) is 11.2. The smallest absolute Gasteiger partial charge is 0.304 e. The van der Waals surface area contributed by atoms with Crippen molar-refractivity contribution < 1.29 is 0 Å². The molecule has 0 saturated heterocycles. The topological polar surface area (TPSA) is 0 Å². The molecule has 0 saturated carbocycles. The third kappa shape index (κ3) is 6.56. The zero-order valence-corrected chi connectivity index (χ0v) is 9.03. The van der Waals surface area contributed by atoms with Crippen LogP contribution in [-0.2, 0) is 0 Å². The van der Waals surface area contributed by atoms with Crippen molar-refractivity contribution in [1.29, 1.82) is 0 Å². The molecule has 0 aliphatic carbocycles. The van der Waals surface area contributed by atoms with Crippen LogP contribution < -0.4 is 0 Å². The third-order valence-electron chi connectivity index (χ3n) is 0.758. The van der Waals surface area contributed by atoms with Crippen molar-refractivity contribution in [2.75, 3.05) is 0 Å². The second kappa shape index (κ2) is 8.26. The van der Waals surface area contributed by atoms with E-state index in [9.17, 15) is 0 Å². The quantitative estimate of drug-likeness (QED) is 0.443. The van der Waals surface area contributed by atoms with Gasteiger partial charge in [0.05, 0.1) is 0 Å². The van der Waals surface area contributed by atoms with Gasteiger partial charge >= 0.3 is 23.1 Å². The van der Waals surface area contributed by atoms with E-state index in [1.165, 1.54) is 0 Å². The van der Waals surface area contributed by atoms with Crippen LogP contribution in [0, 0.1) is 10.8 Å². The number of thiophene rings is 2. The van der Waals surface area contributed by atoms with E-state index in [0.717, 1.165) is 0 Å². The number of hydrogen-bond acceptors (Lipinski definition) is 2. The standard InChI is InChI=1S/2C4H3S.Mg/c2*1-2-4-5-3-1;/h2*1-3H;/q2*-1;+2. The van der Waals surface area contributed by atoms with Crippen molar-refractivity contribution in [3.63, 3.8) is 0 Å². The summed E-state index contributed by atoms with van der Waals surface area (Å²) in [6.45, 7) is 0. The Morgan fingerprint density at radius 2 is 1.27 bits per heavy atom. The molecule has 0 nitrogen and oxygen atoms in total. The van der Waals surface area contributed by atoms with Crippen molar-refractivity contribution in [2.45, 2.75) is 0 Å². The van der Waals surface area contributed by atoms with Gasteiger partial charge in [-0.2, -0.15) is 22.9 Å². The van der Waals surface area contributed by atoms with Gasteiger partial charge in [-0.3, -0.25) is 0 Å². The molecule has 0 amide bonds. The fraction of sp³-hybridized carbons (Fsp3) is 0. The van der Waals surface area contributed by atoms with Gasteiger partial charge in [0.25, 0.3) is 0 Å². The molecule has 2 aromatic rings. The predicted octanol–water partition coefficient (Wildman–Crippen LogP) is 2.72. The Balaban J connectivity index is 0.000000167. The molecule has 0 bridgehead atoms. The van der Waals surface area contributed by atoms with Crippen LogP contribution in [0.1, 0.15) is 0 Å². The Morgan fingerprint density at radius 1 is 0.818 bits per heavy atom. The maximum absolute atomic E-state index is 2.90. The normalized spacial score (nSPS) is 7.27. The first-order valence-electron chi connectivity index (χ1n) is 2.79. The summed E-state index contributed by atoms with van der Waals surface area (Å²) in [6.07, 6.45) is 0. The van der Waals surface area contributed by atoms with Crippen LogP contribution in [0.15, 0.2) is 35.0 Å². The molecule has 0 atom stereocenters. The van der Waals surface area contributed by atoms with Crippen molar-refractivity contribution in [1.82, 2.24) is 0 Å². The first-order chi connectivity index (χ1) is 5.00. The number of hydrogen-bond donors (Lipinski definition) is 0. The fourth-order valence-corrected chi connectivity index (χ4v) is 1.18. The Hall–Kier alpha value is 0.166. The van der Waals surface area contributed by atoms with Gasteiger partial charge in [0.2, 0.25) is 0 Å². The molecule has 11 heavy (non-hydrogen) atoms. The van der Waals surface area contributed by atoms with Crippen LogP contribution in [0.25, 0.3) is 0 Å². The number of rotatable bonds is 0. The van der Waals surface area contributed by atoms with Gasteiger partial charge in [0, 0.05) is 0 Å². The first-order valence-corrected chi connectivity index (χ1v) is 4.55. The van der Waals surface area contributed by atoms with E-state index in [-0.39, 0.29) is 23.1 Å². The predicted molar refractivity (Wildman–Crippen MR) is 52.1 cm³/mol.